The van der Waals surface area contributed by atoms with Gasteiger partial charge in [0.25, 0.3) is 5.91 Å². The summed E-state index contributed by atoms with van der Waals surface area (Å²) in [6.45, 7) is 2.71. The molecule has 2 aromatic rings. The number of hydrogen-bond acceptors (Lipinski definition) is 2. The Morgan fingerprint density at radius 1 is 1.53 bits per heavy atom. The Balaban J connectivity index is 2.20. The van der Waals surface area contributed by atoms with Gasteiger partial charge in [-0.05, 0) is 31.4 Å². The Hall–Kier alpha value is -1.49. The Morgan fingerprint density at radius 2 is 2.32 bits per heavy atom. The molecule has 1 aliphatic carbocycles. The SMILES string of the molecule is CCCn1c(=NC(=O)C2CC2)sc2cccc(F)c21. The van der Waals surface area contributed by atoms with Crippen molar-refractivity contribution in [1.82, 2.24) is 4.57 Å². The molecule has 19 heavy (non-hydrogen) atoms. The summed E-state index contributed by atoms with van der Waals surface area (Å²) in [7, 11) is 0. The number of thiazole rings is 1. The van der Waals surface area contributed by atoms with Crippen LogP contribution in [0.1, 0.15) is 26.2 Å². The third kappa shape index (κ3) is 2.34. The molecule has 1 aromatic heterocycles. The summed E-state index contributed by atoms with van der Waals surface area (Å²) in [5.74, 6) is -0.204. The third-order valence-electron chi connectivity index (χ3n) is 3.23. The van der Waals surface area contributed by atoms with E-state index in [0.29, 0.717) is 16.9 Å². The zero-order valence-corrected chi connectivity index (χ0v) is 11.5. The Morgan fingerprint density at radius 3 is 3.00 bits per heavy atom. The topological polar surface area (TPSA) is 34.4 Å². The van der Waals surface area contributed by atoms with Gasteiger partial charge in [0.2, 0.25) is 0 Å². The highest BCUT2D eigenvalue weighted by Crippen LogP contribution is 2.30. The third-order valence-corrected chi connectivity index (χ3v) is 4.28. The molecule has 0 aliphatic heterocycles. The first kappa shape index (κ1) is 12.5. The van der Waals surface area contributed by atoms with Crippen LogP contribution in [0.15, 0.2) is 23.2 Å². The van der Waals surface area contributed by atoms with Gasteiger partial charge in [0, 0.05) is 12.5 Å². The van der Waals surface area contributed by atoms with Gasteiger partial charge in [-0.15, -0.1) is 0 Å². The van der Waals surface area contributed by atoms with Crippen LogP contribution in [-0.2, 0) is 11.3 Å². The number of fused-ring (bicyclic) bond motifs is 1. The lowest BCUT2D eigenvalue weighted by Crippen LogP contribution is -2.17. The van der Waals surface area contributed by atoms with Crippen LogP contribution >= 0.6 is 11.3 Å². The maximum Gasteiger partial charge on any atom is 0.251 e. The van der Waals surface area contributed by atoms with E-state index >= 15 is 0 Å². The lowest BCUT2D eigenvalue weighted by Gasteiger charge is -2.03. The summed E-state index contributed by atoms with van der Waals surface area (Å²) in [6.07, 6.45) is 2.76. The van der Waals surface area contributed by atoms with E-state index in [0.717, 1.165) is 24.0 Å². The van der Waals surface area contributed by atoms with E-state index in [9.17, 15) is 9.18 Å². The smallest absolute Gasteiger partial charge is 0.251 e. The zero-order valence-electron chi connectivity index (χ0n) is 10.7. The minimum Gasteiger partial charge on any atom is -0.314 e. The molecule has 1 aromatic carbocycles. The molecule has 5 heteroatoms. The minimum atomic E-state index is -0.248. The van der Waals surface area contributed by atoms with Crippen LogP contribution in [-0.4, -0.2) is 10.5 Å². The Bertz CT molecular complexity index is 697. The number of aryl methyl sites for hydroxylation is 1. The van der Waals surface area contributed by atoms with E-state index in [2.05, 4.69) is 4.99 Å². The molecular formula is C14H15FN2OS. The standard InChI is InChI=1S/C14H15FN2OS/c1-2-8-17-12-10(15)4-3-5-11(12)19-14(17)16-13(18)9-6-7-9/h3-5,9H,2,6-8H2,1H3. The molecule has 1 saturated carbocycles. The van der Waals surface area contributed by atoms with Crippen LogP contribution in [0.25, 0.3) is 10.2 Å². The van der Waals surface area contributed by atoms with Crippen molar-refractivity contribution in [3.05, 3.63) is 28.8 Å². The molecule has 0 atom stereocenters. The number of carbonyl (C=O) groups excluding carboxylic acids is 1. The minimum absolute atomic E-state index is 0.0585. The molecule has 0 radical (unpaired) electrons. The van der Waals surface area contributed by atoms with Gasteiger partial charge in [-0.2, -0.15) is 4.99 Å². The molecule has 1 amide bonds. The molecule has 3 nitrogen and oxygen atoms in total. The number of aromatic nitrogens is 1. The van der Waals surface area contributed by atoms with Crippen LogP contribution in [0.3, 0.4) is 0 Å². The first-order valence-corrected chi connectivity index (χ1v) is 7.38. The second-order valence-corrected chi connectivity index (χ2v) is 5.86. The summed E-state index contributed by atoms with van der Waals surface area (Å²) in [4.78, 5) is 16.6. The zero-order chi connectivity index (χ0) is 13.4. The average Bonchev–Trinajstić information content (AvgIpc) is 3.16. The fraction of sp³-hybridized carbons (Fsp3) is 0.429. The molecule has 0 unspecified atom stereocenters. The second-order valence-electron chi connectivity index (χ2n) is 4.85. The highest BCUT2D eigenvalue weighted by atomic mass is 32.1. The van der Waals surface area contributed by atoms with Gasteiger partial charge in [0.05, 0.1) is 10.2 Å². The summed E-state index contributed by atoms with van der Waals surface area (Å²) >= 11 is 1.39. The Kier molecular flexibility index (Phi) is 3.22. The number of carbonyl (C=O) groups is 1. The number of amides is 1. The molecule has 100 valence electrons. The number of halogens is 1. The lowest BCUT2D eigenvalue weighted by molar-refractivity contribution is -0.119. The van der Waals surface area contributed by atoms with Crippen LogP contribution in [0.2, 0.25) is 0 Å². The largest absolute Gasteiger partial charge is 0.314 e. The molecule has 0 saturated heterocycles. The molecule has 3 rings (SSSR count). The number of rotatable bonds is 3. The molecule has 1 fully saturated rings. The maximum absolute atomic E-state index is 14.0. The summed E-state index contributed by atoms with van der Waals surface area (Å²) < 4.78 is 16.6. The molecule has 0 spiro atoms. The van der Waals surface area contributed by atoms with E-state index < -0.39 is 0 Å². The van der Waals surface area contributed by atoms with Crippen molar-refractivity contribution < 1.29 is 9.18 Å². The first-order valence-electron chi connectivity index (χ1n) is 6.57. The highest BCUT2D eigenvalue weighted by molar-refractivity contribution is 7.16. The second kappa shape index (κ2) is 4.89. The monoisotopic (exact) mass is 278 g/mol. The normalized spacial score (nSPS) is 16.2. The number of para-hydroxylation sites is 1. The van der Waals surface area contributed by atoms with Crippen molar-refractivity contribution in [1.29, 1.82) is 0 Å². The fourth-order valence-corrected chi connectivity index (χ4v) is 3.20. The summed E-state index contributed by atoms with van der Waals surface area (Å²) in [6, 6.07) is 5.01. The van der Waals surface area contributed by atoms with E-state index in [1.807, 2.05) is 17.6 Å². The van der Waals surface area contributed by atoms with Crippen molar-refractivity contribution in [2.45, 2.75) is 32.7 Å². The van der Waals surface area contributed by atoms with Crippen molar-refractivity contribution >= 4 is 27.5 Å². The van der Waals surface area contributed by atoms with Gasteiger partial charge >= 0.3 is 0 Å². The number of nitrogens with zero attached hydrogens (tertiary/aromatic N) is 2. The van der Waals surface area contributed by atoms with Crippen molar-refractivity contribution in [2.75, 3.05) is 0 Å². The van der Waals surface area contributed by atoms with Gasteiger partial charge in [0.1, 0.15) is 5.82 Å². The highest BCUT2D eigenvalue weighted by Gasteiger charge is 2.29. The van der Waals surface area contributed by atoms with Gasteiger partial charge in [0.15, 0.2) is 4.80 Å². The van der Waals surface area contributed by atoms with E-state index in [1.54, 1.807) is 6.07 Å². The van der Waals surface area contributed by atoms with Crippen LogP contribution in [0.5, 0.6) is 0 Å². The van der Waals surface area contributed by atoms with Crippen molar-refractivity contribution in [2.24, 2.45) is 10.9 Å². The molecular weight excluding hydrogens is 263 g/mol. The van der Waals surface area contributed by atoms with E-state index in [-0.39, 0.29) is 17.6 Å². The van der Waals surface area contributed by atoms with Crippen LogP contribution < -0.4 is 4.80 Å². The van der Waals surface area contributed by atoms with E-state index in [4.69, 9.17) is 0 Å². The fourth-order valence-electron chi connectivity index (χ4n) is 2.12. The molecule has 1 heterocycles. The maximum atomic E-state index is 14.0. The van der Waals surface area contributed by atoms with Gasteiger partial charge in [-0.25, -0.2) is 4.39 Å². The van der Waals surface area contributed by atoms with Gasteiger partial charge in [-0.1, -0.05) is 24.3 Å². The predicted octanol–water partition coefficient (Wildman–Crippen LogP) is 3.09. The van der Waals surface area contributed by atoms with Crippen molar-refractivity contribution in [3.8, 4) is 0 Å². The van der Waals surface area contributed by atoms with Crippen LogP contribution in [0, 0.1) is 11.7 Å². The quantitative estimate of drug-likeness (QED) is 0.849. The Labute approximate surface area is 114 Å². The number of benzene rings is 1. The van der Waals surface area contributed by atoms with E-state index in [1.165, 1.54) is 17.4 Å². The molecule has 1 aliphatic rings. The van der Waals surface area contributed by atoms with Crippen molar-refractivity contribution in [3.63, 3.8) is 0 Å². The lowest BCUT2D eigenvalue weighted by atomic mass is 10.3. The van der Waals surface area contributed by atoms with Gasteiger partial charge in [-0.3, -0.25) is 4.79 Å². The molecule has 0 bridgehead atoms. The summed E-state index contributed by atoms with van der Waals surface area (Å²) in [5.41, 5.74) is 0.566. The van der Waals surface area contributed by atoms with Gasteiger partial charge < -0.3 is 4.57 Å². The molecule has 0 N–H and O–H groups in total. The first-order chi connectivity index (χ1) is 9.20. The predicted molar refractivity (Wildman–Crippen MR) is 73.4 cm³/mol. The number of hydrogen-bond donors (Lipinski definition) is 0. The average molecular weight is 278 g/mol. The summed E-state index contributed by atoms with van der Waals surface area (Å²) in [5, 5.41) is 0. The van der Waals surface area contributed by atoms with Crippen LogP contribution in [0.4, 0.5) is 4.39 Å².